The van der Waals surface area contributed by atoms with E-state index in [9.17, 15) is 14.4 Å². The fourth-order valence-corrected chi connectivity index (χ4v) is 3.19. The average molecular weight is 461 g/mol. The highest BCUT2D eigenvalue weighted by molar-refractivity contribution is 6.30. The van der Waals surface area contributed by atoms with Crippen molar-refractivity contribution in [1.29, 1.82) is 0 Å². The van der Waals surface area contributed by atoms with Gasteiger partial charge >= 0.3 is 5.69 Å². The van der Waals surface area contributed by atoms with Crippen LogP contribution in [0.2, 0.25) is 5.02 Å². The lowest BCUT2D eigenvalue weighted by molar-refractivity contribution is -0.130. The van der Waals surface area contributed by atoms with E-state index in [0.29, 0.717) is 17.3 Å². The van der Waals surface area contributed by atoms with Crippen LogP contribution in [0.5, 0.6) is 0 Å². The summed E-state index contributed by atoms with van der Waals surface area (Å²) in [5, 5.41) is 8.54. The highest BCUT2D eigenvalue weighted by atomic mass is 35.5. The van der Waals surface area contributed by atoms with Crippen molar-refractivity contribution in [2.45, 2.75) is 46.1 Å². The first-order chi connectivity index (χ1) is 15.3. The predicted octanol–water partition coefficient (Wildman–Crippen LogP) is 2.31. The zero-order valence-electron chi connectivity index (χ0n) is 18.2. The van der Waals surface area contributed by atoms with Gasteiger partial charge in [0.25, 0.3) is 5.56 Å². The van der Waals surface area contributed by atoms with E-state index in [2.05, 4.69) is 22.2 Å². The van der Waals surface area contributed by atoms with Crippen molar-refractivity contribution in [3.05, 3.63) is 56.0 Å². The van der Waals surface area contributed by atoms with Gasteiger partial charge in [-0.15, -0.1) is 0 Å². The Hall–Kier alpha value is -3.27. The number of unbranched alkanes of at least 4 members (excludes halogenated alkanes) is 1. The summed E-state index contributed by atoms with van der Waals surface area (Å²) in [6.07, 6.45) is 2.39. The molecule has 11 heteroatoms. The third-order valence-corrected chi connectivity index (χ3v) is 5.20. The number of rotatable bonds is 9. The molecule has 1 aromatic carbocycles. The van der Waals surface area contributed by atoms with Gasteiger partial charge in [0, 0.05) is 38.0 Å². The lowest BCUT2D eigenvalue weighted by Crippen LogP contribution is -2.41. The van der Waals surface area contributed by atoms with Gasteiger partial charge in [-0.3, -0.25) is 14.2 Å². The maximum atomic E-state index is 12.8. The molecule has 10 nitrogen and oxygen atoms in total. The van der Waals surface area contributed by atoms with Gasteiger partial charge in [0.1, 0.15) is 0 Å². The van der Waals surface area contributed by atoms with Crippen molar-refractivity contribution in [1.82, 2.24) is 29.4 Å². The number of halogens is 1. The molecule has 0 aliphatic heterocycles. The molecular formula is C21H25ClN6O4. The van der Waals surface area contributed by atoms with Gasteiger partial charge in [0.2, 0.25) is 17.6 Å². The molecule has 0 saturated heterocycles. The lowest BCUT2D eigenvalue weighted by Gasteiger charge is -2.15. The van der Waals surface area contributed by atoms with Crippen LogP contribution in [0.3, 0.4) is 0 Å². The van der Waals surface area contributed by atoms with Crippen LogP contribution >= 0.6 is 11.6 Å². The normalized spacial score (nSPS) is 11.0. The molecule has 2 aromatic heterocycles. The van der Waals surface area contributed by atoms with Crippen molar-refractivity contribution in [2.75, 3.05) is 13.6 Å². The topological polar surface area (TPSA) is 116 Å². The van der Waals surface area contributed by atoms with Crippen molar-refractivity contribution in [3.63, 3.8) is 0 Å². The third kappa shape index (κ3) is 5.13. The largest absolute Gasteiger partial charge is 0.352 e. The molecule has 0 radical (unpaired) electrons. The highest BCUT2D eigenvalue weighted by Crippen LogP contribution is 2.14. The first kappa shape index (κ1) is 23.4. The minimum absolute atomic E-state index is 0.0269. The van der Waals surface area contributed by atoms with E-state index in [1.165, 1.54) is 0 Å². The minimum atomic E-state index is -0.620. The van der Waals surface area contributed by atoms with Crippen molar-refractivity contribution < 1.29 is 9.32 Å². The highest BCUT2D eigenvalue weighted by Gasteiger charge is 2.20. The molecule has 0 aliphatic carbocycles. The molecule has 0 bridgehead atoms. The smallest absolute Gasteiger partial charge is 0.346 e. The molecule has 0 atom stereocenters. The summed E-state index contributed by atoms with van der Waals surface area (Å²) >= 11 is 5.93. The molecule has 3 rings (SSSR count). The monoisotopic (exact) mass is 460 g/mol. The van der Waals surface area contributed by atoms with Gasteiger partial charge in [-0.1, -0.05) is 30.1 Å². The van der Waals surface area contributed by atoms with Crippen LogP contribution in [0.1, 0.15) is 39.0 Å². The van der Waals surface area contributed by atoms with Crippen LogP contribution in [0.4, 0.5) is 0 Å². The number of aryl methyl sites for hydroxylation is 1. The third-order valence-electron chi connectivity index (χ3n) is 4.95. The molecule has 0 spiro atoms. The van der Waals surface area contributed by atoms with E-state index < -0.39 is 11.2 Å². The Kier molecular flexibility index (Phi) is 7.57. The molecule has 0 saturated carbocycles. The second-order valence-electron chi connectivity index (χ2n) is 7.25. The van der Waals surface area contributed by atoms with Crippen LogP contribution in [-0.4, -0.2) is 48.9 Å². The van der Waals surface area contributed by atoms with E-state index in [-0.39, 0.29) is 42.7 Å². The number of benzene rings is 1. The van der Waals surface area contributed by atoms with Crippen LogP contribution in [-0.2, 0) is 17.8 Å². The Morgan fingerprint density at radius 2 is 1.91 bits per heavy atom. The number of aromatic nitrogens is 5. The SMILES string of the molecule is CCCCN(C)C(=O)CCc1nc(-c2nn(-c3ccc(Cl)cc3)c(=O)n(CC)c2=O)no1. The maximum Gasteiger partial charge on any atom is 0.352 e. The molecule has 2 heterocycles. The van der Waals surface area contributed by atoms with Gasteiger partial charge in [-0.05, 0) is 37.6 Å². The first-order valence-corrected chi connectivity index (χ1v) is 10.8. The number of nitrogens with zero attached hydrogens (tertiary/aromatic N) is 6. The van der Waals surface area contributed by atoms with E-state index in [4.69, 9.17) is 16.1 Å². The zero-order chi connectivity index (χ0) is 23.3. The second-order valence-corrected chi connectivity index (χ2v) is 7.69. The van der Waals surface area contributed by atoms with Crippen LogP contribution in [0.15, 0.2) is 38.4 Å². The molecule has 0 unspecified atom stereocenters. The van der Waals surface area contributed by atoms with E-state index in [0.717, 1.165) is 22.1 Å². The van der Waals surface area contributed by atoms with Gasteiger partial charge in [-0.25, -0.2) is 4.79 Å². The van der Waals surface area contributed by atoms with E-state index in [1.54, 1.807) is 43.1 Å². The molecular weight excluding hydrogens is 436 g/mol. The fourth-order valence-electron chi connectivity index (χ4n) is 3.06. The number of carbonyl (C=O) groups is 1. The molecule has 170 valence electrons. The standard InChI is InChI=1S/C21H25ClN6O4/c1-4-6-13-26(3)17(29)12-11-16-23-19(25-32-16)18-20(30)27(5-2)21(31)28(24-18)15-9-7-14(22)8-10-15/h7-10H,4-6,11-13H2,1-3H3. The van der Waals surface area contributed by atoms with Crippen LogP contribution in [0.25, 0.3) is 17.2 Å². The summed E-state index contributed by atoms with van der Waals surface area (Å²) < 4.78 is 7.36. The van der Waals surface area contributed by atoms with E-state index in [1.807, 2.05) is 0 Å². The quantitative estimate of drug-likeness (QED) is 0.481. The second kappa shape index (κ2) is 10.4. The summed E-state index contributed by atoms with van der Waals surface area (Å²) in [5.74, 6) is 0.147. The van der Waals surface area contributed by atoms with Crippen molar-refractivity contribution in [2.24, 2.45) is 0 Å². The fraction of sp³-hybridized carbons (Fsp3) is 0.429. The zero-order valence-corrected chi connectivity index (χ0v) is 19.0. The van der Waals surface area contributed by atoms with Gasteiger partial charge in [-0.2, -0.15) is 14.8 Å². The Balaban J connectivity index is 1.88. The maximum absolute atomic E-state index is 12.8. The van der Waals surface area contributed by atoms with E-state index >= 15 is 0 Å². The lowest BCUT2D eigenvalue weighted by atomic mass is 10.2. The van der Waals surface area contributed by atoms with Crippen LogP contribution < -0.4 is 11.2 Å². The summed E-state index contributed by atoms with van der Waals surface area (Å²) in [5.41, 5.74) is -0.895. The molecule has 0 N–H and O–H groups in total. The Morgan fingerprint density at radius 3 is 2.56 bits per heavy atom. The molecule has 32 heavy (non-hydrogen) atoms. The average Bonchev–Trinajstić information content (AvgIpc) is 3.26. The summed E-state index contributed by atoms with van der Waals surface area (Å²) in [7, 11) is 1.76. The Morgan fingerprint density at radius 1 is 1.19 bits per heavy atom. The summed E-state index contributed by atoms with van der Waals surface area (Å²) in [4.78, 5) is 43.7. The number of carbonyl (C=O) groups excluding carboxylic acids is 1. The first-order valence-electron chi connectivity index (χ1n) is 10.4. The predicted molar refractivity (Wildman–Crippen MR) is 119 cm³/mol. The molecule has 3 aromatic rings. The molecule has 0 aliphatic rings. The number of hydrogen-bond acceptors (Lipinski definition) is 7. The van der Waals surface area contributed by atoms with Crippen LogP contribution in [0, 0.1) is 0 Å². The summed E-state index contributed by atoms with van der Waals surface area (Å²) in [6.45, 7) is 4.58. The van der Waals surface area contributed by atoms with Gasteiger partial charge < -0.3 is 9.42 Å². The van der Waals surface area contributed by atoms with Gasteiger partial charge in [0.05, 0.1) is 5.69 Å². The Labute approximate surface area is 189 Å². The summed E-state index contributed by atoms with van der Waals surface area (Å²) in [6, 6.07) is 6.47. The number of hydrogen-bond donors (Lipinski definition) is 0. The number of amides is 1. The Bertz CT molecular complexity index is 1200. The molecule has 0 fully saturated rings. The molecule has 1 amide bonds. The minimum Gasteiger partial charge on any atom is -0.346 e. The van der Waals surface area contributed by atoms with Gasteiger partial charge in [0.15, 0.2) is 5.69 Å². The van der Waals surface area contributed by atoms with Crippen molar-refractivity contribution in [3.8, 4) is 17.2 Å². The van der Waals surface area contributed by atoms with Crippen molar-refractivity contribution >= 4 is 17.5 Å².